The third-order valence-electron chi connectivity index (χ3n) is 5.66. The predicted molar refractivity (Wildman–Crippen MR) is 115 cm³/mol. The molecule has 0 radical (unpaired) electrons. The van der Waals surface area contributed by atoms with E-state index < -0.39 is 0 Å². The fraction of sp³-hybridized carbons (Fsp3) is 0.167. The number of aromatic nitrogens is 1. The Hall–Kier alpha value is -3.60. The van der Waals surface area contributed by atoms with Crippen LogP contribution in [0.2, 0.25) is 0 Å². The molecule has 0 aliphatic carbocycles. The monoisotopic (exact) mass is 383 g/mol. The highest BCUT2D eigenvalue weighted by Crippen LogP contribution is 2.32. The maximum Gasteiger partial charge on any atom is 0.256 e. The van der Waals surface area contributed by atoms with Gasteiger partial charge in [-0.25, -0.2) is 0 Å². The van der Waals surface area contributed by atoms with Crippen molar-refractivity contribution in [3.8, 4) is 0 Å². The van der Waals surface area contributed by atoms with Gasteiger partial charge in [-0.2, -0.15) is 0 Å². The smallest absolute Gasteiger partial charge is 0.256 e. The van der Waals surface area contributed by atoms with E-state index in [1.165, 1.54) is 0 Å². The van der Waals surface area contributed by atoms with Crippen molar-refractivity contribution in [3.05, 3.63) is 83.7 Å². The van der Waals surface area contributed by atoms with Crippen LogP contribution in [-0.2, 0) is 4.79 Å². The molecule has 1 atom stereocenters. The molecule has 2 aliphatic rings. The van der Waals surface area contributed by atoms with Crippen molar-refractivity contribution < 1.29 is 9.59 Å². The third kappa shape index (κ3) is 3.14. The number of rotatable bonds is 3. The van der Waals surface area contributed by atoms with Crippen LogP contribution < -0.4 is 5.32 Å². The molecule has 5 rings (SSSR count). The summed E-state index contributed by atoms with van der Waals surface area (Å²) in [6.45, 7) is 0.718. The van der Waals surface area contributed by atoms with Gasteiger partial charge in [0.1, 0.15) is 0 Å². The van der Waals surface area contributed by atoms with E-state index in [0.717, 1.165) is 47.2 Å². The summed E-state index contributed by atoms with van der Waals surface area (Å²) in [4.78, 5) is 30.7. The van der Waals surface area contributed by atoms with Crippen molar-refractivity contribution >= 4 is 34.4 Å². The second-order valence-corrected chi connectivity index (χ2v) is 7.45. The average molecular weight is 383 g/mol. The average Bonchev–Trinajstić information content (AvgIpc) is 3.37. The van der Waals surface area contributed by atoms with Crippen LogP contribution in [0.1, 0.15) is 28.8 Å². The number of nitrogens with one attached hydrogen (secondary N) is 2. The molecule has 1 unspecified atom stereocenters. The Labute approximate surface area is 168 Å². The number of aromatic amines is 1. The molecule has 2 aliphatic heterocycles. The number of ketones is 1. The molecule has 5 nitrogen and oxygen atoms in total. The number of amides is 1. The van der Waals surface area contributed by atoms with Crippen LogP contribution in [0.3, 0.4) is 0 Å². The number of allylic oxidation sites excluding steroid dienone is 2. The van der Waals surface area contributed by atoms with E-state index in [-0.39, 0.29) is 17.7 Å². The van der Waals surface area contributed by atoms with Gasteiger partial charge in [0.25, 0.3) is 5.91 Å². The molecule has 1 amide bonds. The van der Waals surface area contributed by atoms with Crippen molar-refractivity contribution in [2.45, 2.75) is 18.9 Å². The highest BCUT2D eigenvalue weighted by atomic mass is 16.2. The summed E-state index contributed by atoms with van der Waals surface area (Å²) in [5.74, 6) is -0.0720. The number of para-hydroxylation sites is 2. The van der Waals surface area contributed by atoms with Gasteiger partial charge in [-0.15, -0.1) is 0 Å². The number of hydrogen-bond acceptors (Lipinski definition) is 3. The Morgan fingerprint density at radius 2 is 1.93 bits per heavy atom. The maximum atomic E-state index is 12.9. The second kappa shape index (κ2) is 7.09. The number of carbonyl (C=O) groups is 2. The third-order valence-corrected chi connectivity index (χ3v) is 5.66. The quantitative estimate of drug-likeness (QED) is 0.661. The molecule has 1 fully saturated rings. The fourth-order valence-electron chi connectivity index (χ4n) is 4.24. The minimum absolute atomic E-state index is 0.0285. The summed E-state index contributed by atoms with van der Waals surface area (Å²) in [6, 6.07) is 15.4. The minimum atomic E-state index is -0.100. The van der Waals surface area contributed by atoms with Gasteiger partial charge in [0, 0.05) is 35.4 Å². The molecule has 3 aromatic rings. The maximum absolute atomic E-state index is 12.9. The molecule has 3 heterocycles. The largest absolute Gasteiger partial charge is 0.361 e. The number of benzene rings is 2. The van der Waals surface area contributed by atoms with Gasteiger partial charge >= 0.3 is 0 Å². The zero-order valence-electron chi connectivity index (χ0n) is 15.9. The lowest BCUT2D eigenvalue weighted by atomic mass is 10.1. The number of carbonyl (C=O) groups excluding carboxylic acids is 2. The Bertz CT molecular complexity index is 1170. The minimum Gasteiger partial charge on any atom is -0.361 e. The van der Waals surface area contributed by atoms with Crippen molar-refractivity contribution in [1.29, 1.82) is 0 Å². The van der Waals surface area contributed by atoms with E-state index in [9.17, 15) is 9.59 Å². The molecule has 5 heteroatoms. The van der Waals surface area contributed by atoms with Gasteiger partial charge < -0.3 is 15.2 Å². The molecule has 0 saturated carbocycles. The number of hydrogen-bond donors (Lipinski definition) is 2. The molecule has 2 aromatic carbocycles. The molecule has 2 N–H and O–H groups in total. The summed E-state index contributed by atoms with van der Waals surface area (Å²) >= 11 is 0. The van der Waals surface area contributed by atoms with Crippen molar-refractivity contribution in [2.24, 2.45) is 0 Å². The van der Waals surface area contributed by atoms with E-state index in [4.69, 9.17) is 0 Å². The Kier molecular flexibility index (Phi) is 4.28. The first kappa shape index (κ1) is 17.5. The molecule has 144 valence electrons. The summed E-state index contributed by atoms with van der Waals surface area (Å²) < 4.78 is 0. The highest BCUT2D eigenvalue weighted by Gasteiger charge is 2.36. The van der Waals surface area contributed by atoms with Gasteiger partial charge in [-0.1, -0.05) is 30.3 Å². The molecule has 0 bridgehead atoms. The summed E-state index contributed by atoms with van der Waals surface area (Å²) in [5.41, 5.74) is 4.22. The van der Waals surface area contributed by atoms with Crippen LogP contribution in [0.4, 0.5) is 5.69 Å². The number of H-pyrrole nitrogens is 1. The van der Waals surface area contributed by atoms with E-state index in [1.807, 2.05) is 65.7 Å². The van der Waals surface area contributed by atoms with Crippen LogP contribution >= 0.6 is 0 Å². The first-order valence-corrected chi connectivity index (χ1v) is 9.87. The van der Waals surface area contributed by atoms with E-state index in [0.29, 0.717) is 5.56 Å². The van der Waals surface area contributed by atoms with Crippen LogP contribution in [0.15, 0.2) is 72.6 Å². The Morgan fingerprint density at radius 1 is 1.10 bits per heavy atom. The summed E-state index contributed by atoms with van der Waals surface area (Å²) in [6.07, 6.45) is 8.75. The van der Waals surface area contributed by atoms with Gasteiger partial charge in [0.15, 0.2) is 5.78 Å². The standard InChI is InChI=1S/C24H21N3O2/c28-17(12-11-16-15-25-20-8-3-1-6-18(16)20)14-22-23-10-5-13-27(23)24(29)19-7-2-4-9-21(19)26-22/h1-4,6-9,11-12,14-15,23,25-26H,5,10,13H2/b12-11+,22-14+. The van der Waals surface area contributed by atoms with E-state index >= 15 is 0 Å². The van der Waals surface area contributed by atoms with Crippen molar-refractivity contribution in [2.75, 3.05) is 11.9 Å². The molecule has 1 aromatic heterocycles. The molecular formula is C24H21N3O2. The second-order valence-electron chi connectivity index (χ2n) is 7.45. The van der Waals surface area contributed by atoms with Crippen molar-refractivity contribution in [1.82, 2.24) is 9.88 Å². The lowest BCUT2D eigenvalue weighted by Gasteiger charge is -2.23. The zero-order valence-corrected chi connectivity index (χ0v) is 15.9. The van der Waals surface area contributed by atoms with Crippen molar-refractivity contribution in [3.63, 3.8) is 0 Å². The summed E-state index contributed by atoms with van der Waals surface area (Å²) in [5, 5.41) is 4.43. The number of anilines is 1. The molecular weight excluding hydrogens is 362 g/mol. The van der Waals surface area contributed by atoms with Crippen LogP contribution in [0, 0.1) is 0 Å². The number of nitrogens with zero attached hydrogens (tertiary/aromatic N) is 1. The van der Waals surface area contributed by atoms with Gasteiger partial charge in [0.2, 0.25) is 0 Å². The highest BCUT2D eigenvalue weighted by molar-refractivity contribution is 6.06. The molecule has 29 heavy (non-hydrogen) atoms. The first-order chi connectivity index (χ1) is 14.2. The SMILES string of the molecule is O=C(/C=C/c1c[nH]c2ccccc12)/C=C1/Nc2ccccc2C(=O)N2CCCC12. The van der Waals surface area contributed by atoms with E-state index in [1.54, 1.807) is 12.2 Å². The summed E-state index contributed by atoms with van der Waals surface area (Å²) in [7, 11) is 0. The van der Waals surface area contributed by atoms with Crippen LogP contribution in [0.5, 0.6) is 0 Å². The van der Waals surface area contributed by atoms with Gasteiger partial charge in [-0.3, -0.25) is 9.59 Å². The van der Waals surface area contributed by atoms with Crippen LogP contribution in [0.25, 0.3) is 17.0 Å². The van der Waals surface area contributed by atoms with Gasteiger partial charge in [0.05, 0.1) is 17.3 Å². The van der Waals surface area contributed by atoms with Crippen LogP contribution in [-0.4, -0.2) is 34.2 Å². The van der Waals surface area contributed by atoms with E-state index in [2.05, 4.69) is 10.3 Å². The molecule has 1 saturated heterocycles. The normalized spacial score (nSPS) is 20.0. The van der Waals surface area contributed by atoms with Gasteiger partial charge in [-0.05, 0) is 48.8 Å². The topological polar surface area (TPSA) is 65.2 Å². The Morgan fingerprint density at radius 3 is 2.86 bits per heavy atom. The zero-order chi connectivity index (χ0) is 19.8. The molecule has 0 spiro atoms. The predicted octanol–water partition coefficient (Wildman–Crippen LogP) is 4.36. The number of fused-ring (bicyclic) bond motifs is 3. The lowest BCUT2D eigenvalue weighted by molar-refractivity contribution is -0.110. The lowest BCUT2D eigenvalue weighted by Crippen LogP contribution is -2.36. The Balaban J connectivity index is 1.45. The fourth-order valence-corrected chi connectivity index (χ4v) is 4.24. The first-order valence-electron chi connectivity index (χ1n) is 9.87.